The Labute approximate surface area is 95.0 Å². The molecule has 0 radical (unpaired) electrons. The molecule has 2 fully saturated rings. The van der Waals surface area contributed by atoms with Gasteiger partial charge in [0.05, 0.1) is 12.6 Å². The highest BCUT2D eigenvalue weighted by Gasteiger charge is 2.40. The standard InChI is InChI=1S/C13H15NO2/c15-12-8-4-7-11-9-16-13(14(11)12)10-5-2-1-3-6-10/h1-3,5-6,11,13H,4,7-9H2/t11-,13-/m1/s1. The summed E-state index contributed by atoms with van der Waals surface area (Å²) in [7, 11) is 0. The number of nitrogens with zero attached hydrogens (tertiary/aromatic N) is 1. The summed E-state index contributed by atoms with van der Waals surface area (Å²) < 4.78 is 5.76. The van der Waals surface area contributed by atoms with Gasteiger partial charge in [-0.05, 0) is 12.8 Å². The predicted molar refractivity (Wildman–Crippen MR) is 59.6 cm³/mol. The van der Waals surface area contributed by atoms with Gasteiger partial charge in [-0.25, -0.2) is 0 Å². The van der Waals surface area contributed by atoms with E-state index in [1.807, 2.05) is 35.2 Å². The number of carbonyl (C=O) groups excluding carboxylic acids is 1. The Morgan fingerprint density at radius 3 is 2.88 bits per heavy atom. The second-order valence-electron chi connectivity index (χ2n) is 4.44. The lowest BCUT2D eigenvalue weighted by Gasteiger charge is -2.32. The molecular formula is C13H15NO2. The van der Waals surface area contributed by atoms with Crippen molar-refractivity contribution in [1.29, 1.82) is 0 Å². The maximum Gasteiger partial charge on any atom is 0.225 e. The van der Waals surface area contributed by atoms with Crippen LogP contribution < -0.4 is 0 Å². The molecule has 3 nitrogen and oxygen atoms in total. The summed E-state index contributed by atoms with van der Waals surface area (Å²) in [6, 6.07) is 10.3. The van der Waals surface area contributed by atoms with Gasteiger partial charge in [0.1, 0.15) is 0 Å². The average Bonchev–Trinajstić information content (AvgIpc) is 2.75. The van der Waals surface area contributed by atoms with Crippen molar-refractivity contribution in [2.75, 3.05) is 6.61 Å². The maximum absolute atomic E-state index is 11.9. The van der Waals surface area contributed by atoms with E-state index in [1.54, 1.807) is 0 Å². The minimum atomic E-state index is -0.154. The zero-order chi connectivity index (χ0) is 11.0. The molecule has 2 atom stereocenters. The summed E-state index contributed by atoms with van der Waals surface area (Å²) in [5.74, 6) is 0.239. The number of ether oxygens (including phenoxy) is 1. The summed E-state index contributed by atoms with van der Waals surface area (Å²) in [5.41, 5.74) is 1.08. The van der Waals surface area contributed by atoms with Crippen molar-refractivity contribution < 1.29 is 9.53 Å². The molecule has 0 N–H and O–H groups in total. The molecule has 1 aromatic rings. The third-order valence-electron chi connectivity index (χ3n) is 3.39. The van der Waals surface area contributed by atoms with Gasteiger partial charge in [0.2, 0.25) is 5.91 Å². The van der Waals surface area contributed by atoms with Crippen LogP contribution in [0.1, 0.15) is 31.1 Å². The summed E-state index contributed by atoms with van der Waals surface area (Å²) in [6.07, 6.45) is 2.60. The Balaban J connectivity index is 1.89. The van der Waals surface area contributed by atoms with Gasteiger partial charge in [-0.1, -0.05) is 30.3 Å². The van der Waals surface area contributed by atoms with Crippen LogP contribution in [0.25, 0.3) is 0 Å². The number of fused-ring (bicyclic) bond motifs is 1. The van der Waals surface area contributed by atoms with Gasteiger partial charge in [-0.2, -0.15) is 0 Å². The van der Waals surface area contributed by atoms with Crippen LogP contribution in [0.2, 0.25) is 0 Å². The van der Waals surface area contributed by atoms with Crippen molar-refractivity contribution in [3.63, 3.8) is 0 Å². The molecule has 16 heavy (non-hydrogen) atoms. The molecule has 0 saturated carbocycles. The van der Waals surface area contributed by atoms with E-state index in [1.165, 1.54) is 0 Å². The molecule has 3 rings (SSSR count). The summed E-state index contributed by atoms with van der Waals surface area (Å²) in [5, 5.41) is 0. The molecule has 2 aliphatic heterocycles. The lowest BCUT2D eigenvalue weighted by molar-refractivity contribution is -0.140. The average molecular weight is 217 g/mol. The Bertz CT molecular complexity index is 390. The Kier molecular flexibility index (Phi) is 2.40. The summed E-state index contributed by atoms with van der Waals surface area (Å²) in [4.78, 5) is 13.8. The van der Waals surface area contributed by atoms with E-state index in [4.69, 9.17) is 4.74 Å². The van der Waals surface area contributed by atoms with E-state index in [9.17, 15) is 4.79 Å². The largest absolute Gasteiger partial charge is 0.352 e. The van der Waals surface area contributed by atoms with Crippen molar-refractivity contribution in [3.8, 4) is 0 Å². The van der Waals surface area contributed by atoms with Crippen LogP contribution in [-0.4, -0.2) is 23.5 Å². The first kappa shape index (κ1) is 9.85. The Hall–Kier alpha value is -1.35. The van der Waals surface area contributed by atoms with E-state index in [-0.39, 0.29) is 12.1 Å². The first-order valence-electron chi connectivity index (χ1n) is 5.84. The van der Waals surface area contributed by atoms with Gasteiger partial charge in [0.15, 0.2) is 6.23 Å². The van der Waals surface area contributed by atoms with Crippen LogP contribution >= 0.6 is 0 Å². The smallest absolute Gasteiger partial charge is 0.225 e. The van der Waals surface area contributed by atoms with Crippen LogP contribution in [0.3, 0.4) is 0 Å². The van der Waals surface area contributed by atoms with Crippen molar-refractivity contribution in [2.45, 2.75) is 31.5 Å². The normalized spacial score (nSPS) is 29.2. The fourth-order valence-electron chi connectivity index (χ4n) is 2.60. The molecule has 84 valence electrons. The first-order chi connectivity index (χ1) is 7.86. The van der Waals surface area contributed by atoms with Gasteiger partial charge in [0.25, 0.3) is 0 Å². The highest BCUT2D eigenvalue weighted by Crippen LogP contribution is 2.35. The third-order valence-corrected chi connectivity index (χ3v) is 3.39. The zero-order valence-corrected chi connectivity index (χ0v) is 9.13. The molecule has 0 bridgehead atoms. The van der Waals surface area contributed by atoms with Crippen LogP contribution in [0.15, 0.2) is 30.3 Å². The molecule has 1 amide bonds. The second-order valence-corrected chi connectivity index (χ2v) is 4.44. The number of hydrogen-bond acceptors (Lipinski definition) is 2. The van der Waals surface area contributed by atoms with Crippen molar-refractivity contribution in [3.05, 3.63) is 35.9 Å². The van der Waals surface area contributed by atoms with E-state index in [2.05, 4.69) is 0 Å². The van der Waals surface area contributed by atoms with E-state index < -0.39 is 0 Å². The van der Waals surface area contributed by atoms with Crippen LogP contribution in [0.5, 0.6) is 0 Å². The van der Waals surface area contributed by atoms with Gasteiger partial charge < -0.3 is 9.64 Å². The SMILES string of the molecule is O=C1CCC[C@@H]2CO[C@H](c3ccccc3)N12. The second kappa shape index (κ2) is 3.91. The minimum Gasteiger partial charge on any atom is -0.352 e. The number of rotatable bonds is 1. The van der Waals surface area contributed by atoms with E-state index >= 15 is 0 Å². The van der Waals surface area contributed by atoms with Gasteiger partial charge in [-0.15, -0.1) is 0 Å². The molecular weight excluding hydrogens is 202 g/mol. The number of amides is 1. The summed E-state index contributed by atoms with van der Waals surface area (Å²) >= 11 is 0. The molecule has 2 aliphatic rings. The Morgan fingerprint density at radius 2 is 2.06 bits per heavy atom. The fourth-order valence-corrected chi connectivity index (χ4v) is 2.60. The van der Waals surface area contributed by atoms with Crippen molar-refractivity contribution in [1.82, 2.24) is 4.90 Å². The van der Waals surface area contributed by atoms with Crippen molar-refractivity contribution in [2.24, 2.45) is 0 Å². The van der Waals surface area contributed by atoms with Gasteiger partial charge >= 0.3 is 0 Å². The lowest BCUT2D eigenvalue weighted by Crippen LogP contribution is -2.41. The third kappa shape index (κ3) is 1.52. The number of benzene rings is 1. The van der Waals surface area contributed by atoms with Crippen LogP contribution in [0, 0.1) is 0 Å². The van der Waals surface area contributed by atoms with Gasteiger partial charge in [0, 0.05) is 12.0 Å². The van der Waals surface area contributed by atoms with Crippen LogP contribution in [0.4, 0.5) is 0 Å². The van der Waals surface area contributed by atoms with E-state index in [0.717, 1.165) is 18.4 Å². The molecule has 0 unspecified atom stereocenters. The number of piperidine rings is 1. The molecule has 0 aliphatic carbocycles. The predicted octanol–water partition coefficient (Wildman–Crippen LogP) is 2.10. The number of carbonyl (C=O) groups is 1. The maximum atomic E-state index is 11.9. The topological polar surface area (TPSA) is 29.5 Å². The Morgan fingerprint density at radius 1 is 1.25 bits per heavy atom. The molecule has 2 heterocycles. The zero-order valence-electron chi connectivity index (χ0n) is 9.13. The molecule has 0 aromatic heterocycles. The fraction of sp³-hybridized carbons (Fsp3) is 0.462. The highest BCUT2D eigenvalue weighted by molar-refractivity contribution is 5.78. The minimum absolute atomic E-state index is 0.154. The molecule has 0 spiro atoms. The first-order valence-corrected chi connectivity index (χ1v) is 5.84. The number of hydrogen-bond donors (Lipinski definition) is 0. The van der Waals surface area contributed by atoms with Crippen molar-refractivity contribution >= 4 is 5.91 Å². The van der Waals surface area contributed by atoms with Crippen LogP contribution in [-0.2, 0) is 9.53 Å². The summed E-state index contributed by atoms with van der Waals surface area (Å²) in [6.45, 7) is 0.686. The monoisotopic (exact) mass is 217 g/mol. The highest BCUT2D eigenvalue weighted by atomic mass is 16.5. The van der Waals surface area contributed by atoms with E-state index in [0.29, 0.717) is 19.1 Å². The quantitative estimate of drug-likeness (QED) is 0.721. The molecule has 1 aromatic carbocycles. The van der Waals surface area contributed by atoms with Gasteiger partial charge in [-0.3, -0.25) is 4.79 Å². The lowest BCUT2D eigenvalue weighted by atomic mass is 10.0. The molecule has 3 heteroatoms. The molecule has 2 saturated heterocycles.